The van der Waals surface area contributed by atoms with Gasteiger partial charge in [-0.15, -0.1) is 23.5 Å². The van der Waals surface area contributed by atoms with E-state index in [1.54, 1.807) is 7.11 Å². The number of ether oxygens (including phenoxy) is 3. The van der Waals surface area contributed by atoms with Gasteiger partial charge in [0.15, 0.2) is 5.79 Å². The molecule has 0 aromatic carbocycles. The molecule has 2 saturated heterocycles. The highest BCUT2D eigenvalue weighted by atomic mass is 32.2. The summed E-state index contributed by atoms with van der Waals surface area (Å²) in [6.07, 6.45) is 1.64. The predicted octanol–water partition coefficient (Wildman–Crippen LogP) is 2.10. The van der Waals surface area contributed by atoms with Crippen LogP contribution in [0.15, 0.2) is 0 Å². The van der Waals surface area contributed by atoms with Crippen molar-refractivity contribution in [3.63, 3.8) is 0 Å². The molecule has 0 amide bonds. The van der Waals surface area contributed by atoms with E-state index in [4.69, 9.17) is 14.2 Å². The summed E-state index contributed by atoms with van der Waals surface area (Å²) >= 11 is 3.75. The number of hydrogen-bond acceptors (Lipinski definition) is 6. The topological polar surface area (TPSA) is 47.9 Å². The Hall–Kier alpha value is 0.540. The molecule has 3 aliphatic rings. The summed E-state index contributed by atoms with van der Waals surface area (Å²) in [6, 6.07) is 0. The van der Waals surface area contributed by atoms with Crippen molar-refractivity contribution in [3.8, 4) is 0 Å². The Morgan fingerprint density at radius 1 is 1.20 bits per heavy atom. The van der Waals surface area contributed by atoms with Gasteiger partial charge in [-0.1, -0.05) is 0 Å². The van der Waals surface area contributed by atoms with Gasteiger partial charge in [0.25, 0.3) is 0 Å². The average molecular weight is 320 g/mol. The van der Waals surface area contributed by atoms with Crippen molar-refractivity contribution in [1.82, 2.24) is 0 Å². The maximum absolute atomic E-state index is 10.8. The van der Waals surface area contributed by atoms with Gasteiger partial charge in [0.2, 0.25) is 0 Å². The van der Waals surface area contributed by atoms with E-state index in [0.717, 1.165) is 17.9 Å². The van der Waals surface area contributed by atoms with Crippen molar-refractivity contribution in [2.75, 3.05) is 18.6 Å². The average Bonchev–Trinajstić information content (AvgIpc) is 2.92. The van der Waals surface area contributed by atoms with Crippen LogP contribution >= 0.6 is 23.5 Å². The molecule has 1 saturated carbocycles. The second-order valence-corrected chi connectivity index (χ2v) is 8.99. The van der Waals surface area contributed by atoms with Gasteiger partial charge in [-0.2, -0.15) is 0 Å². The standard InChI is InChI=1S/C14H24O4S2/c1-14(2)17-11-8(7-9(16-3)12(11)18-14)10(15)13-19-5-4-6-20-13/h8-13,15H,4-7H2,1-3H3/t8?,9-,10+,11-,12+/m1/s1. The van der Waals surface area contributed by atoms with E-state index in [1.807, 2.05) is 37.4 Å². The Bertz CT molecular complexity index is 346. The minimum atomic E-state index is -0.572. The number of rotatable bonds is 3. The summed E-state index contributed by atoms with van der Waals surface area (Å²) in [7, 11) is 1.72. The summed E-state index contributed by atoms with van der Waals surface area (Å²) in [5.41, 5.74) is 0. The van der Waals surface area contributed by atoms with Crippen molar-refractivity contribution in [2.45, 2.75) is 61.5 Å². The summed E-state index contributed by atoms with van der Waals surface area (Å²) in [6.45, 7) is 3.87. The number of fused-ring (bicyclic) bond motifs is 1. The van der Waals surface area contributed by atoms with Crippen LogP contribution in [0.1, 0.15) is 26.7 Å². The molecule has 1 aliphatic carbocycles. The lowest BCUT2D eigenvalue weighted by molar-refractivity contribution is -0.172. The maximum atomic E-state index is 10.8. The molecule has 0 aromatic heterocycles. The summed E-state index contributed by atoms with van der Waals surface area (Å²) in [4.78, 5) is 0. The van der Waals surface area contributed by atoms with Crippen LogP contribution in [0.25, 0.3) is 0 Å². The van der Waals surface area contributed by atoms with E-state index in [0.29, 0.717) is 0 Å². The maximum Gasteiger partial charge on any atom is 0.163 e. The summed E-state index contributed by atoms with van der Waals surface area (Å²) in [5, 5.41) is 10.8. The lowest BCUT2D eigenvalue weighted by atomic mass is 9.99. The molecular formula is C14H24O4S2. The van der Waals surface area contributed by atoms with Crippen LogP contribution in [0.5, 0.6) is 0 Å². The number of hydrogen-bond donors (Lipinski definition) is 1. The van der Waals surface area contributed by atoms with E-state index in [9.17, 15) is 5.11 Å². The normalized spacial score (nSPS) is 42.6. The van der Waals surface area contributed by atoms with E-state index < -0.39 is 5.79 Å². The van der Waals surface area contributed by atoms with Crippen LogP contribution < -0.4 is 0 Å². The van der Waals surface area contributed by atoms with Crippen LogP contribution in [0.4, 0.5) is 0 Å². The second-order valence-electron chi connectivity index (χ2n) is 6.19. The van der Waals surface area contributed by atoms with E-state index in [2.05, 4.69) is 0 Å². The van der Waals surface area contributed by atoms with Gasteiger partial charge < -0.3 is 19.3 Å². The quantitative estimate of drug-likeness (QED) is 0.859. The molecule has 0 aromatic rings. The minimum absolute atomic E-state index is 0.0278. The zero-order valence-electron chi connectivity index (χ0n) is 12.3. The molecule has 0 bridgehead atoms. The molecule has 1 N–H and O–H groups in total. The first-order chi connectivity index (χ1) is 9.52. The van der Waals surface area contributed by atoms with Crippen molar-refractivity contribution in [1.29, 1.82) is 0 Å². The number of methoxy groups -OCH3 is 1. The van der Waals surface area contributed by atoms with Crippen LogP contribution in [0, 0.1) is 5.92 Å². The van der Waals surface area contributed by atoms with Gasteiger partial charge in [0.1, 0.15) is 6.10 Å². The van der Waals surface area contributed by atoms with Crippen molar-refractivity contribution in [3.05, 3.63) is 0 Å². The van der Waals surface area contributed by atoms with Gasteiger partial charge >= 0.3 is 0 Å². The SMILES string of the molecule is CO[C@@H]1CC([C@H](O)C2SCCCS2)[C@H]2OC(C)(C)O[C@H]21. The zero-order valence-corrected chi connectivity index (χ0v) is 13.9. The largest absolute Gasteiger partial charge is 0.391 e. The molecule has 2 heterocycles. The van der Waals surface area contributed by atoms with Gasteiger partial charge in [-0.3, -0.25) is 0 Å². The van der Waals surface area contributed by atoms with Crippen LogP contribution in [0.3, 0.4) is 0 Å². The van der Waals surface area contributed by atoms with Gasteiger partial charge in [0, 0.05) is 13.0 Å². The highest BCUT2D eigenvalue weighted by molar-refractivity contribution is 8.17. The molecular weight excluding hydrogens is 296 g/mol. The van der Waals surface area contributed by atoms with Gasteiger partial charge in [0.05, 0.1) is 22.9 Å². The molecule has 3 fully saturated rings. The molecule has 5 atom stereocenters. The molecule has 6 heteroatoms. The Morgan fingerprint density at radius 3 is 2.50 bits per heavy atom. The number of aliphatic hydroxyl groups excluding tert-OH is 1. The monoisotopic (exact) mass is 320 g/mol. The highest BCUT2D eigenvalue weighted by Crippen LogP contribution is 2.47. The minimum Gasteiger partial charge on any atom is -0.391 e. The number of thioether (sulfide) groups is 2. The van der Waals surface area contributed by atoms with Crippen molar-refractivity contribution < 1.29 is 19.3 Å². The lowest BCUT2D eigenvalue weighted by Gasteiger charge is -2.32. The third kappa shape index (κ3) is 2.88. The second kappa shape index (κ2) is 5.97. The first-order valence-corrected chi connectivity index (χ1v) is 9.41. The van der Waals surface area contributed by atoms with Gasteiger partial charge in [-0.05, 0) is 38.2 Å². The molecule has 116 valence electrons. The van der Waals surface area contributed by atoms with Crippen molar-refractivity contribution >= 4 is 23.5 Å². The molecule has 1 unspecified atom stereocenters. The fourth-order valence-electron chi connectivity index (χ4n) is 3.44. The molecule has 0 spiro atoms. The highest BCUT2D eigenvalue weighted by Gasteiger charge is 2.56. The first kappa shape index (κ1) is 15.4. The number of aliphatic hydroxyl groups is 1. The third-order valence-corrected chi connectivity index (χ3v) is 7.41. The fourth-order valence-corrected chi connectivity index (χ4v) is 6.47. The lowest BCUT2D eigenvalue weighted by Crippen LogP contribution is -2.38. The van der Waals surface area contributed by atoms with Crippen LogP contribution in [-0.2, 0) is 14.2 Å². The summed E-state index contributed by atoms with van der Waals surface area (Å²) in [5.74, 6) is 1.82. The predicted molar refractivity (Wildman–Crippen MR) is 82.1 cm³/mol. The van der Waals surface area contributed by atoms with Gasteiger partial charge in [-0.25, -0.2) is 0 Å². The molecule has 3 rings (SSSR count). The molecule has 0 radical (unpaired) electrons. The van der Waals surface area contributed by atoms with E-state index in [1.165, 1.54) is 6.42 Å². The Kier molecular flexibility index (Phi) is 4.61. The fraction of sp³-hybridized carbons (Fsp3) is 1.00. The zero-order chi connectivity index (χ0) is 14.3. The Labute approximate surface area is 129 Å². The Morgan fingerprint density at radius 2 is 1.85 bits per heavy atom. The van der Waals surface area contributed by atoms with E-state index in [-0.39, 0.29) is 34.9 Å². The molecule has 4 nitrogen and oxygen atoms in total. The molecule has 20 heavy (non-hydrogen) atoms. The smallest absolute Gasteiger partial charge is 0.163 e. The molecule has 2 aliphatic heterocycles. The third-order valence-electron chi connectivity index (χ3n) is 4.33. The van der Waals surface area contributed by atoms with Crippen molar-refractivity contribution in [2.24, 2.45) is 5.92 Å². The Balaban J connectivity index is 1.72. The van der Waals surface area contributed by atoms with Crippen LogP contribution in [0.2, 0.25) is 0 Å². The van der Waals surface area contributed by atoms with E-state index >= 15 is 0 Å². The first-order valence-electron chi connectivity index (χ1n) is 7.31. The van der Waals surface area contributed by atoms with Crippen LogP contribution in [-0.4, -0.2) is 58.5 Å². The summed E-state index contributed by atoms with van der Waals surface area (Å²) < 4.78 is 17.8.